The number of carbonyl (C=O) groups is 2. The molecule has 9 heteroatoms. The number of para-hydroxylation sites is 1. The fraction of sp³-hybridized carbons (Fsp3) is 0.214. The number of benzene rings is 3. The van der Waals surface area contributed by atoms with E-state index in [1.54, 1.807) is 73.7 Å². The Morgan fingerprint density at radius 2 is 1.62 bits per heavy atom. The maximum Gasteiger partial charge on any atom is 0.336 e. The van der Waals surface area contributed by atoms with E-state index in [2.05, 4.69) is 10.6 Å². The molecule has 0 aliphatic heterocycles. The lowest BCUT2D eigenvalue weighted by Gasteiger charge is -2.15. The second-order valence-electron chi connectivity index (χ2n) is 9.05. The Hall–Kier alpha value is -4.17. The number of anilines is 1. The predicted octanol–water partition coefficient (Wildman–Crippen LogP) is 3.82. The molecule has 0 fully saturated rings. The van der Waals surface area contributed by atoms with Gasteiger partial charge in [-0.05, 0) is 68.3 Å². The summed E-state index contributed by atoms with van der Waals surface area (Å²) in [7, 11) is 0. The van der Waals surface area contributed by atoms with Gasteiger partial charge < -0.3 is 10.6 Å². The first-order valence-electron chi connectivity index (χ1n) is 11.8. The van der Waals surface area contributed by atoms with Gasteiger partial charge in [0, 0.05) is 16.8 Å². The highest BCUT2D eigenvalue weighted by Crippen LogP contribution is 2.23. The lowest BCUT2D eigenvalue weighted by Crippen LogP contribution is -2.40. The van der Waals surface area contributed by atoms with Crippen LogP contribution in [0.1, 0.15) is 25.0 Å². The first kappa shape index (κ1) is 25.9. The minimum absolute atomic E-state index is 0.0291. The van der Waals surface area contributed by atoms with Crippen LogP contribution in [0.5, 0.6) is 0 Å². The second-order valence-corrected chi connectivity index (χ2v) is 9.46. The van der Waals surface area contributed by atoms with Gasteiger partial charge in [0.2, 0.25) is 11.8 Å². The highest BCUT2D eigenvalue weighted by atomic mass is 35.5. The molecule has 4 aromatic rings. The number of amides is 2. The van der Waals surface area contributed by atoms with E-state index in [1.807, 2.05) is 13.8 Å². The van der Waals surface area contributed by atoms with Crippen molar-refractivity contribution in [1.29, 1.82) is 0 Å². The molecule has 37 heavy (non-hydrogen) atoms. The van der Waals surface area contributed by atoms with E-state index >= 15 is 0 Å². The van der Waals surface area contributed by atoms with Gasteiger partial charge in [0.1, 0.15) is 6.54 Å². The number of fused-ring (bicyclic) bond motifs is 1. The van der Waals surface area contributed by atoms with Gasteiger partial charge >= 0.3 is 5.69 Å². The molecule has 3 aromatic carbocycles. The molecule has 190 valence electrons. The summed E-state index contributed by atoms with van der Waals surface area (Å²) >= 11 is 6.16. The van der Waals surface area contributed by atoms with Crippen LogP contribution in [0, 0.1) is 6.92 Å². The van der Waals surface area contributed by atoms with Crippen molar-refractivity contribution in [2.75, 3.05) is 5.32 Å². The largest absolute Gasteiger partial charge is 0.354 e. The van der Waals surface area contributed by atoms with Gasteiger partial charge in [0.05, 0.1) is 23.0 Å². The highest BCUT2D eigenvalue weighted by Gasteiger charge is 2.17. The van der Waals surface area contributed by atoms with Gasteiger partial charge in [-0.1, -0.05) is 41.9 Å². The molecule has 0 spiro atoms. The third-order valence-corrected chi connectivity index (χ3v) is 6.31. The third kappa shape index (κ3) is 5.65. The van der Waals surface area contributed by atoms with Crippen molar-refractivity contribution in [2.24, 2.45) is 0 Å². The normalized spacial score (nSPS) is 11.1. The summed E-state index contributed by atoms with van der Waals surface area (Å²) < 4.78 is 2.31. The van der Waals surface area contributed by atoms with Gasteiger partial charge in [0.25, 0.3) is 5.56 Å². The van der Waals surface area contributed by atoms with Crippen molar-refractivity contribution in [1.82, 2.24) is 14.5 Å². The predicted molar refractivity (Wildman–Crippen MR) is 146 cm³/mol. The maximum atomic E-state index is 13.6. The molecule has 2 amide bonds. The Bertz CT molecular complexity index is 1600. The monoisotopic (exact) mass is 518 g/mol. The van der Waals surface area contributed by atoms with Crippen LogP contribution in [-0.2, 0) is 22.6 Å². The van der Waals surface area contributed by atoms with Gasteiger partial charge in [-0.15, -0.1) is 0 Å². The number of rotatable bonds is 7. The van der Waals surface area contributed by atoms with Crippen molar-refractivity contribution in [3.05, 3.63) is 104 Å². The van der Waals surface area contributed by atoms with Crippen LogP contribution in [0.2, 0.25) is 5.02 Å². The summed E-state index contributed by atoms with van der Waals surface area (Å²) in [5, 5.41) is 6.44. The van der Waals surface area contributed by atoms with E-state index in [-0.39, 0.29) is 24.9 Å². The molecule has 0 unspecified atom stereocenters. The molecule has 0 radical (unpaired) electrons. The standard InChI is InChI=1S/C28H27ClN4O4/c1-17(2)30-25(34)15-19-11-13-20(14-12-19)33-27(36)21-7-4-5-10-24(21)32(28(33)37)16-26(35)31-23-9-6-8-22(29)18(23)3/h4-14,17H,15-16H2,1-3H3,(H,30,34)(H,31,35). The number of carbonyl (C=O) groups excluding carboxylic acids is 2. The van der Waals surface area contributed by atoms with Crippen LogP contribution in [0.15, 0.2) is 76.3 Å². The van der Waals surface area contributed by atoms with Crippen molar-refractivity contribution in [3.63, 3.8) is 0 Å². The molecule has 0 bridgehead atoms. The summed E-state index contributed by atoms with van der Waals surface area (Å²) in [5.41, 5.74) is 1.55. The smallest absolute Gasteiger partial charge is 0.336 e. The van der Waals surface area contributed by atoms with Crippen molar-refractivity contribution in [3.8, 4) is 5.69 Å². The number of hydrogen-bond acceptors (Lipinski definition) is 4. The zero-order valence-electron chi connectivity index (χ0n) is 20.7. The molecule has 1 aromatic heterocycles. The maximum absolute atomic E-state index is 13.6. The van der Waals surface area contributed by atoms with Crippen LogP contribution >= 0.6 is 11.6 Å². The summed E-state index contributed by atoms with van der Waals surface area (Å²) in [6, 6.07) is 18.5. The minimum atomic E-state index is -0.646. The number of halogens is 1. The fourth-order valence-corrected chi connectivity index (χ4v) is 4.27. The van der Waals surface area contributed by atoms with E-state index in [0.717, 1.165) is 10.1 Å². The van der Waals surface area contributed by atoms with Crippen LogP contribution in [0.3, 0.4) is 0 Å². The molecule has 1 heterocycles. The Balaban J connectivity index is 1.71. The van der Waals surface area contributed by atoms with E-state index in [0.29, 0.717) is 32.9 Å². The highest BCUT2D eigenvalue weighted by molar-refractivity contribution is 6.31. The molecule has 0 saturated heterocycles. The van der Waals surface area contributed by atoms with Crippen molar-refractivity contribution >= 4 is 40.0 Å². The summed E-state index contributed by atoms with van der Waals surface area (Å²) in [6.07, 6.45) is 0.179. The van der Waals surface area contributed by atoms with E-state index in [1.165, 1.54) is 4.57 Å². The first-order valence-corrected chi connectivity index (χ1v) is 12.2. The molecule has 4 rings (SSSR count). The molecular formula is C28H27ClN4O4. The summed E-state index contributed by atoms with van der Waals surface area (Å²) in [4.78, 5) is 51.9. The zero-order chi connectivity index (χ0) is 26.7. The fourth-order valence-electron chi connectivity index (χ4n) is 4.10. The quantitative estimate of drug-likeness (QED) is 0.388. The molecule has 2 N–H and O–H groups in total. The van der Waals surface area contributed by atoms with E-state index in [9.17, 15) is 19.2 Å². The Labute approximate surface area is 218 Å². The Kier molecular flexibility index (Phi) is 7.59. The van der Waals surface area contributed by atoms with Gasteiger partial charge in [-0.2, -0.15) is 0 Å². The SMILES string of the molecule is Cc1c(Cl)cccc1NC(=O)Cn1c(=O)n(-c2ccc(CC(=O)NC(C)C)cc2)c(=O)c2ccccc21. The average Bonchev–Trinajstić information content (AvgIpc) is 2.85. The second kappa shape index (κ2) is 10.8. The van der Waals surface area contributed by atoms with Crippen molar-refractivity contribution in [2.45, 2.75) is 39.8 Å². The zero-order valence-corrected chi connectivity index (χ0v) is 21.5. The molecule has 8 nitrogen and oxygen atoms in total. The van der Waals surface area contributed by atoms with Gasteiger partial charge in [-0.3, -0.25) is 19.0 Å². The average molecular weight is 519 g/mol. The van der Waals surface area contributed by atoms with E-state index < -0.39 is 17.2 Å². The Morgan fingerprint density at radius 3 is 2.32 bits per heavy atom. The summed E-state index contributed by atoms with van der Waals surface area (Å²) in [5.74, 6) is -0.553. The number of nitrogens with zero attached hydrogens (tertiary/aromatic N) is 2. The van der Waals surface area contributed by atoms with Gasteiger partial charge in [0.15, 0.2) is 0 Å². The van der Waals surface area contributed by atoms with E-state index in [4.69, 9.17) is 11.6 Å². The number of nitrogens with one attached hydrogen (secondary N) is 2. The lowest BCUT2D eigenvalue weighted by atomic mass is 10.1. The Morgan fingerprint density at radius 1 is 0.919 bits per heavy atom. The topological polar surface area (TPSA) is 102 Å². The third-order valence-electron chi connectivity index (χ3n) is 5.90. The van der Waals surface area contributed by atoms with Crippen LogP contribution < -0.4 is 21.9 Å². The summed E-state index contributed by atoms with van der Waals surface area (Å²) in [6.45, 7) is 5.25. The molecule has 0 atom stereocenters. The first-order chi connectivity index (χ1) is 17.7. The number of aromatic nitrogens is 2. The molecule has 0 aliphatic carbocycles. The minimum Gasteiger partial charge on any atom is -0.354 e. The molecular weight excluding hydrogens is 492 g/mol. The van der Waals surface area contributed by atoms with Gasteiger partial charge in [-0.25, -0.2) is 9.36 Å². The lowest BCUT2D eigenvalue weighted by molar-refractivity contribution is -0.121. The molecule has 0 saturated carbocycles. The van der Waals surface area contributed by atoms with Crippen LogP contribution in [0.25, 0.3) is 16.6 Å². The van der Waals surface area contributed by atoms with Crippen LogP contribution in [-0.4, -0.2) is 27.0 Å². The number of hydrogen-bond donors (Lipinski definition) is 2. The molecule has 0 aliphatic rings. The van der Waals surface area contributed by atoms with Crippen LogP contribution in [0.4, 0.5) is 5.69 Å². The van der Waals surface area contributed by atoms with Crippen molar-refractivity contribution < 1.29 is 9.59 Å².